The first-order valence-electron chi connectivity index (χ1n) is 6.27. The highest BCUT2D eigenvalue weighted by Gasteiger charge is 2.20. The number of non-ortho nitro benzene ring substituents is 1. The minimum Gasteiger partial charge on any atom is -0.434 e. The Labute approximate surface area is 137 Å². The minimum atomic E-state index is -3.22. The molecule has 0 bridgehead atoms. The van der Waals surface area contributed by atoms with Gasteiger partial charge in [-0.2, -0.15) is 8.78 Å². The first kappa shape index (κ1) is 17.5. The van der Waals surface area contributed by atoms with Crippen LogP contribution in [0, 0.1) is 15.9 Å². The van der Waals surface area contributed by atoms with E-state index in [-0.39, 0.29) is 10.7 Å². The molecule has 0 saturated heterocycles. The number of amides is 1. The van der Waals surface area contributed by atoms with Gasteiger partial charge in [0.1, 0.15) is 11.6 Å². The molecule has 2 rings (SSSR count). The second kappa shape index (κ2) is 7.18. The normalized spacial score (nSPS) is 10.5. The Bertz CT molecular complexity index is 802. The van der Waals surface area contributed by atoms with Gasteiger partial charge in [-0.05, 0) is 24.3 Å². The number of alkyl halides is 2. The lowest BCUT2D eigenvalue weighted by atomic mass is 10.1. The number of hydrogen-bond acceptors (Lipinski definition) is 4. The fraction of sp³-hybridized carbons (Fsp3) is 0.0714. The summed E-state index contributed by atoms with van der Waals surface area (Å²) >= 11 is 5.57. The van der Waals surface area contributed by atoms with Crippen molar-refractivity contribution in [3.8, 4) is 5.75 Å². The Morgan fingerprint density at radius 1 is 1.25 bits per heavy atom. The molecule has 2 aromatic carbocycles. The molecule has 2 aromatic rings. The Kier molecular flexibility index (Phi) is 5.24. The number of halogens is 4. The number of hydrogen-bond donors (Lipinski definition) is 1. The zero-order valence-corrected chi connectivity index (χ0v) is 12.4. The lowest BCUT2D eigenvalue weighted by molar-refractivity contribution is -0.384. The molecular weight excluding hydrogens is 353 g/mol. The van der Waals surface area contributed by atoms with Crippen LogP contribution in [-0.4, -0.2) is 17.4 Å². The van der Waals surface area contributed by atoms with Crippen LogP contribution in [0.5, 0.6) is 5.75 Å². The topological polar surface area (TPSA) is 81.5 Å². The number of carbonyl (C=O) groups excluding carboxylic acids is 1. The van der Waals surface area contributed by atoms with Gasteiger partial charge in [0.25, 0.3) is 11.6 Å². The standard InChI is InChI=1S/C14H8ClF3N2O4/c15-10-5-7(1-3-11(10)16)19-13(21)9-6-8(20(22)23)2-4-12(9)24-14(17)18/h1-6,14H,(H,19,21). The van der Waals surface area contributed by atoms with Crippen molar-refractivity contribution >= 4 is 28.9 Å². The summed E-state index contributed by atoms with van der Waals surface area (Å²) in [4.78, 5) is 22.2. The summed E-state index contributed by atoms with van der Waals surface area (Å²) in [5, 5.41) is 12.8. The Morgan fingerprint density at radius 3 is 2.54 bits per heavy atom. The van der Waals surface area contributed by atoms with Gasteiger partial charge in [-0.1, -0.05) is 11.6 Å². The quantitative estimate of drug-likeness (QED) is 0.638. The summed E-state index contributed by atoms with van der Waals surface area (Å²) < 4.78 is 42.1. The van der Waals surface area contributed by atoms with E-state index in [1.807, 2.05) is 0 Å². The molecule has 0 heterocycles. The summed E-state index contributed by atoms with van der Waals surface area (Å²) in [7, 11) is 0. The van der Waals surface area contributed by atoms with E-state index in [2.05, 4.69) is 10.1 Å². The maximum atomic E-state index is 13.1. The zero-order valence-electron chi connectivity index (χ0n) is 11.6. The molecule has 0 aliphatic carbocycles. The Hall–Kier alpha value is -2.81. The van der Waals surface area contributed by atoms with Gasteiger partial charge < -0.3 is 10.1 Å². The van der Waals surface area contributed by atoms with Crippen LogP contribution in [0.1, 0.15) is 10.4 Å². The SMILES string of the molecule is O=C(Nc1ccc(F)c(Cl)c1)c1cc([N+](=O)[O-])ccc1OC(F)F. The van der Waals surface area contributed by atoms with Gasteiger partial charge in [0.05, 0.1) is 15.5 Å². The average molecular weight is 361 g/mol. The number of ether oxygens (including phenoxy) is 1. The van der Waals surface area contributed by atoms with Crippen LogP contribution in [0.4, 0.5) is 24.5 Å². The summed E-state index contributed by atoms with van der Waals surface area (Å²) in [6.45, 7) is -3.22. The largest absolute Gasteiger partial charge is 0.434 e. The van der Waals surface area contributed by atoms with Gasteiger partial charge in [-0.3, -0.25) is 14.9 Å². The summed E-state index contributed by atoms with van der Waals surface area (Å²) in [6, 6.07) is 5.87. The van der Waals surface area contributed by atoms with Gasteiger partial charge in [-0.15, -0.1) is 0 Å². The Balaban J connectivity index is 2.36. The first-order valence-corrected chi connectivity index (χ1v) is 6.65. The van der Waals surface area contributed by atoms with Crippen molar-refractivity contribution in [2.45, 2.75) is 6.61 Å². The molecule has 126 valence electrons. The van der Waals surface area contributed by atoms with Crippen LogP contribution in [-0.2, 0) is 0 Å². The minimum absolute atomic E-state index is 0.0703. The lowest BCUT2D eigenvalue weighted by Crippen LogP contribution is -2.15. The van der Waals surface area contributed by atoms with Crippen LogP contribution in [0.2, 0.25) is 5.02 Å². The number of nitrogens with one attached hydrogen (secondary N) is 1. The van der Waals surface area contributed by atoms with E-state index in [9.17, 15) is 28.1 Å². The predicted octanol–water partition coefficient (Wildman–Crippen LogP) is 4.24. The molecule has 0 radical (unpaired) electrons. The van der Waals surface area contributed by atoms with Crippen LogP contribution >= 0.6 is 11.6 Å². The van der Waals surface area contributed by atoms with Crippen molar-refractivity contribution < 1.29 is 27.6 Å². The number of benzene rings is 2. The highest BCUT2D eigenvalue weighted by molar-refractivity contribution is 6.31. The molecule has 0 fully saturated rings. The van der Waals surface area contributed by atoms with Crippen molar-refractivity contribution in [3.63, 3.8) is 0 Å². The monoisotopic (exact) mass is 360 g/mol. The molecule has 0 atom stereocenters. The molecule has 0 aromatic heterocycles. The van der Waals surface area contributed by atoms with E-state index in [1.165, 1.54) is 6.07 Å². The molecule has 0 unspecified atom stereocenters. The maximum Gasteiger partial charge on any atom is 0.387 e. The smallest absolute Gasteiger partial charge is 0.387 e. The Morgan fingerprint density at radius 2 is 1.96 bits per heavy atom. The highest BCUT2D eigenvalue weighted by Crippen LogP contribution is 2.27. The van der Waals surface area contributed by atoms with E-state index >= 15 is 0 Å². The van der Waals surface area contributed by atoms with E-state index in [0.717, 1.165) is 30.3 Å². The highest BCUT2D eigenvalue weighted by atomic mass is 35.5. The van der Waals surface area contributed by atoms with E-state index in [0.29, 0.717) is 0 Å². The summed E-state index contributed by atoms with van der Waals surface area (Å²) in [5.74, 6) is -2.22. The first-order chi connectivity index (χ1) is 11.3. The van der Waals surface area contributed by atoms with Gasteiger partial charge >= 0.3 is 6.61 Å². The molecule has 24 heavy (non-hydrogen) atoms. The average Bonchev–Trinajstić information content (AvgIpc) is 2.50. The van der Waals surface area contributed by atoms with Crippen molar-refractivity contribution in [2.24, 2.45) is 0 Å². The van der Waals surface area contributed by atoms with E-state index < -0.39 is 40.3 Å². The predicted molar refractivity (Wildman–Crippen MR) is 79.1 cm³/mol. The lowest BCUT2D eigenvalue weighted by Gasteiger charge is -2.11. The van der Waals surface area contributed by atoms with Gasteiger partial charge in [0.15, 0.2) is 0 Å². The van der Waals surface area contributed by atoms with Crippen LogP contribution in [0.3, 0.4) is 0 Å². The number of nitro groups is 1. The van der Waals surface area contributed by atoms with Gasteiger partial charge in [0, 0.05) is 17.8 Å². The number of nitrogens with zero attached hydrogens (tertiary/aromatic N) is 1. The fourth-order valence-corrected chi connectivity index (χ4v) is 1.96. The molecular formula is C14H8ClF3N2O4. The van der Waals surface area contributed by atoms with Crippen molar-refractivity contribution in [2.75, 3.05) is 5.32 Å². The maximum absolute atomic E-state index is 13.1. The molecule has 10 heteroatoms. The van der Waals surface area contributed by atoms with Crippen LogP contribution in [0.25, 0.3) is 0 Å². The molecule has 1 amide bonds. The number of nitro benzene ring substituents is 1. The third-order valence-corrected chi connectivity index (χ3v) is 3.10. The van der Waals surface area contributed by atoms with Crippen LogP contribution in [0.15, 0.2) is 36.4 Å². The van der Waals surface area contributed by atoms with E-state index in [1.54, 1.807) is 0 Å². The van der Waals surface area contributed by atoms with Gasteiger partial charge in [-0.25, -0.2) is 4.39 Å². The third-order valence-electron chi connectivity index (χ3n) is 2.81. The molecule has 0 saturated carbocycles. The zero-order chi connectivity index (χ0) is 17.9. The molecule has 1 N–H and O–H groups in total. The second-order valence-corrected chi connectivity index (χ2v) is 4.81. The summed E-state index contributed by atoms with van der Waals surface area (Å²) in [6.07, 6.45) is 0. The van der Waals surface area contributed by atoms with Crippen molar-refractivity contribution in [1.82, 2.24) is 0 Å². The third kappa shape index (κ3) is 4.13. The number of rotatable bonds is 5. The molecule has 0 spiro atoms. The summed E-state index contributed by atoms with van der Waals surface area (Å²) in [5.41, 5.74) is -0.898. The molecule has 0 aliphatic rings. The van der Waals surface area contributed by atoms with E-state index in [4.69, 9.17) is 11.6 Å². The fourth-order valence-electron chi connectivity index (χ4n) is 1.78. The van der Waals surface area contributed by atoms with Gasteiger partial charge in [0.2, 0.25) is 0 Å². The number of carbonyl (C=O) groups is 1. The number of anilines is 1. The molecule has 0 aliphatic heterocycles. The van der Waals surface area contributed by atoms with Crippen LogP contribution < -0.4 is 10.1 Å². The van der Waals surface area contributed by atoms with Crippen molar-refractivity contribution in [3.05, 3.63) is 62.9 Å². The second-order valence-electron chi connectivity index (χ2n) is 4.40. The molecule has 6 nitrogen and oxygen atoms in total. The van der Waals surface area contributed by atoms with Crippen molar-refractivity contribution in [1.29, 1.82) is 0 Å².